The number of methoxy groups -OCH3 is 1. The normalized spacial score (nSPS) is 10.7. The predicted octanol–water partition coefficient (Wildman–Crippen LogP) is 3.79. The smallest absolute Gasteiger partial charge is 0.178 e. The van der Waals surface area contributed by atoms with E-state index < -0.39 is 0 Å². The predicted molar refractivity (Wildman–Crippen MR) is 85.6 cm³/mol. The van der Waals surface area contributed by atoms with Gasteiger partial charge in [-0.1, -0.05) is 18.2 Å². The Bertz CT molecular complexity index is 793. The highest BCUT2D eigenvalue weighted by molar-refractivity contribution is 7.71. The summed E-state index contributed by atoms with van der Waals surface area (Å²) < 4.78 is 13.7. The third-order valence-corrected chi connectivity index (χ3v) is 3.63. The van der Waals surface area contributed by atoms with E-state index in [0.717, 1.165) is 22.5 Å². The second kappa shape index (κ2) is 6.01. The molecular formula is C16H16N2O2S. The van der Waals surface area contributed by atoms with Crippen molar-refractivity contribution in [3.8, 4) is 11.5 Å². The van der Waals surface area contributed by atoms with Crippen molar-refractivity contribution in [3.05, 3.63) is 53.3 Å². The van der Waals surface area contributed by atoms with Crippen LogP contribution in [0, 0.1) is 4.77 Å². The molecule has 5 heteroatoms. The Balaban J connectivity index is 1.80. The Morgan fingerprint density at radius 1 is 1.10 bits per heavy atom. The minimum Gasteiger partial charge on any atom is -0.497 e. The molecule has 0 bridgehead atoms. The van der Waals surface area contributed by atoms with Crippen LogP contribution >= 0.6 is 12.2 Å². The second-order valence-electron chi connectivity index (χ2n) is 4.63. The number of aromatic nitrogens is 2. The number of benzene rings is 2. The van der Waals surface area contributed by atoms with E-state index in [4.69, 9.17) is 21.7 Å². The molecule has 0 atom stereocenters. The molecule has 0 aliphatic rings. The van der Waals surface area contributed by atoms with Gasteiger partial charge in [-0.2, -0.15) is 0 Å². The molecule has 0 fully saturated rings. The molecule has 4 nitrogen and oxygen atoms in total. The summed E-state index contributed by atoms with van der Waals surface area (Å²) in [6.07, 6.45) is 0. The molecule has 0 saturated heterocycles. The standard InChI is InChI=1S/C16H16N2O2S/c1-19-13-7-8-14-15(11-13)18(16(21)17-14)9-10-20-12-5-3-2-4-6-12/h2-8,11H,9-10H2,1H3,(H,17,21). The van der Waals surface area contributed by atoms with E-state index in [2.05, 4.69) is 4.98 Å². The number of nitrogens with zero attached hydrogens (tertiary/aromatic N) is 1. The molecule has 1 N–H and O–H groups in total. The molecule has 0 spiro atoms. The summed E-state index contributed by atoms with van der Waals surface area (Å²) in [5.74, 6) is 1.68. The number of nitrogens with one attached hydrogen (secondary N) is 1. The van der Waals surface area contributed by atoms with Crippen molar-refractivity contribution in [2.45, 2.75) is 6.54 Å². The van der Waals surface area contributed by atoms with Crippen LogP contribution in [0.2, 0.25) is 0 Å². The molecule has 0 saturated carbocycles. The average Bonchev–Trinajstić information content (AvgIpc) is 2.83. The van der Waals surface area contributed by atoms with Gasteiger partial charge >= 0.3 is 0 Å². The lowest BCUT2D eigenvalue weighted by Crippen LogP contribution is -2.08. The topological polar surface area (TPSA) is 39.2 Å². The fourth-order valence-electron chi connectivity index (χ4n) is 2.25. The molecule has 0 radical (unpaired) electrons. The third-order valence-electron chi connectivity index (χ3n) is 3.31. The first kappa shape index (κ1) is 13.7. The van der Waals surface area contributed by atoms with Crippen molar-refractivity contribution in [1.82, 2.24) is 9.55 Å². The zero-order valence-electron chi connectivity index (χ0n) is 11.7. The van der Waals surface area contributed by atoms with Gasteiger partial charge in [0, 0.05) is 6.07 Å². The van der Waals surface area contributed by atoms with Gasteiger partial charge in [-0.25, -0.2) is 0 Å². The fourth-order valence-corrected chi connectivity index (χ4v) is 2.55. The van der Waals surface area contributed by atoms with Crippen LogP contribution in [0.4, 0.5) is 0 Å². The fraction of sp³-hybridized carbons (Fsp3) is 0.188. The molecule has 3 aromatic rings. The lowest BCUT2D eigenvalue weighted by molar-refractivity contribution is 0.299. The van der Waals surface area contributed by atoms with Gasteiger partial charge in [-0.3, -0.25) is 0 Å². The first-order chi connectivity index (χ1) is 10.3. The molecule has 2 aromatic carbocycles. The number of imidazole rings is 1. The van der Waals surface area contributed by atoms with Crippen LogP contribution in [0.25, 0.3) is 11.0 Å². The van der Waals surface area contributed by atoms with Crippen LogP contribution in [0.5, 0.6) is 11.5 Å². The van der Waals surface area contributed by atoms with Gasteiger partial charge < -0.3 is 19.0 Å². The van der Waals surface area contributed by atoms with Crippen molar-refractivity contribution >= 4 is 23.3 Å². The van der Waals surface area contributed by atoms with Gasteiger partial charge in [-0.15, -0.1) is 0 Å². The number of fused-ring (bicyclic) bond motifs is 1. The van der Waals surface area contributed by atoms with E-state index in [1.54, 1.807) is 7.11 Å². The van der Waals surface area contributed by atoms with Crippen LogP contribution in [0.15, 0.2) is 48.5 Å². The first-order valence-corrected chi connectivity index (χ1v) is 7.13. The maximum atomic E-state index is 5.73. The molecule has 0 aliphatic heterocycles. The van der Waals surface area contributed by atoms with Gasteiger partial charge in [0.25, 0.3) is 0 Å². The molecular weight excluding hydrogens is 284 g/mol. The highest BCUT2D eigenvalue weighted by Crippen LogP contribution is 2.20. The monoisotopic (exact) mass is 300 g/mol. The number of H-pyrrole nitrogens is 1. The summed E-state index contributed by atoms with van der Waals surface area (Å²) in [6, 6.07) is 15.6. The first-order valence-electron chi connectivity index (χ1n) is 6.72. The van der Waals surface area contributed by atoms with Crippen LogP contribution in [0.1, 0.15) is 0 Å². The van der Waals surface area contributed by atoms with Crippen molar-refractivity contribution in [2.24, 2.45) is 0 Å². The maximum absolute atomic E-state index is 5.73. The molecule has 0 amide bonds. The second-order valence-corrected chi connectivity index (χ2v) is 5.01. The third kappa shape index (κ3) is 2.92. The number of aromatic amines is 1. The van der Waals surface area contributed by atoms with Crippen LogP contribution in [-0.2, 0) is 6.54 Å². The number of hydrogen-bond donors (Lipinski definition) is 1. The van der Waals surface area contributed by atoms with E-state index in [1.807, 2.05) is 53.1 Å². The molecule has 1 heterocycles. The molecule has 0 aliphatic carbocycles. The van der Waals surface area contributed by atoms with Crippen LogP contribution < -0.4 is 9.47 Å². The highest BCUT2D eigenvalue weighted by atomic mass is 32.1. The molecule has 0 unspecified atom stereocenters. The van der Waals surface area contributed by atoms with Gasteiger partial charge in [0.2, 0.25) is 0 Å². The van der Waals surface area contributed by atoms with Gasteiger partial charge in [0.05, 0.1) is 24.7 Å². The SMILES string of the molecule is COc1ccc2[nH]c(=S)n(CCOc3ccccc3)c2c1. The van der Waals surface area contributed by atoms with Crippen molar-refractivity contribution in [1.29, 1.82) is 0 Å². The number of rotatable bonds is 5. The van der Waals surface area contributed by atoms with Gasteiger partial charge in [0.15, 0.2) is 4.77 Å². The Labute approximate surface area is 127 Å². The summed E-state index contributed by atoms with van der Waals surface area (Å²) in [6.45, 7) is 1.24. The van der Waals surface area contributed by atoms with E-state index in [1.165, 1.54) is 0 Å². The number of para-hydroxylation sites is 1. The molecule has 108 valence electrons. The van der Waals surface area contributed by atoms with Crippen molar-refractivity contribution in [2.75, 3.05) is 13.7 Å². The van der Waals surface area contributed by atoms with Crippen LogP contribution in [-0.4, -0.2) is 23.3 Å². The Kier molecular flexibility index (Phi) is 3.92. The minimum atomic E-state index is 0.558. The lowest BCUT2D eigenvalue weighted by Gasteiger charge is -2.08. The van der Waals surface area contributed by atoms with E-state index in [-0.39, 0.29) is 0 Å². The Hall–Kier alpha value is -2.27. The number of hydrogen-bond acceptors (Lipinski definition) is 3. The highest BCUT2D eigenvalue weighted by Gasteiger charge is 2.06. The van der Waals surface area contributed by atoms with Gasteiger partial charge in [0.1, 0.15) is 18.1 Å². The quantitative estimate of drug-likeness (QED) is 0.729. The number of ether oxygens (including phenoxy) is 2. The zero-order chi connectivity index (χ0) is 14.7. The molecule has 1 aromatic heterocycles. The van der Waals surface area contributed by atoms with Crippen molar-refractivity contribution < 1.29 is 9.47 Å². The molecule has 21 heavy (non-hydrogen) atoms. The van der Waals surface area contributed by atoms with E-state index in [9.17, 15) is 0 Å². The Morgan fingerprint density at radius 3 is 2.67 bits per heavy atom. The van der Waals surface area contributed by atoms with E-state index >= 15 is 0 Å². The maximum Gasteiger partial charge on any atom is 0.178 e. The summed E-state index contributed by atoms with van der Waals surface area (Å²) in [5, 5.41) is 0. The summed E-state index contributed by atoms with van der Waals surface area (Å²) in [5.41, 5.74) is 2.02. The Morgan fingerprint density at radius 2 is 1.90 bits per heavy atom. The summed E-state index contributed by atoms with van der Waals surface area (Å²) >= 11 is 5.37. The molecule has 3 rings (SSSR count). The van der Waals surface area contributed by atoms with Crippen LogP contribution in [0.3, 0.4) is 0 Å². The van der Waals surface area contributed by atoms with Crippen molar-refractivity contribution in [3.63, 3.8) is 0 Å². The average molecular weight is 300 g/mol. The lowest BCUT2D eigenvalue weighted by atomic mass is 10.3. The largest absolute Gasteiger partial charge is 0.497 e. The van der Waals surface area contributed by atoms with Gasteiger partial charge in [-0.05, 0) is 36.5 Å². The summed E-state index contributed by atoms with van der Waals surface area (Å²) in [7, 11) is 1.66. The van der Waals surface area contributed by atoms with E-state index in [0.29, 0.717) is 17.9 Å². The zero-order valence-corrected chi connectivity index (χ0v) is 12.5. The summed E-state index contributed by atoms with van der Waals surface area (Å²) in [4.78, 5) is 3.19. The minimum absolute atomic E-state index is 0.558.